The zero-order chi connectivity index (χ0) is 13.4. The Kier molecular flexibility index (Phi) is 2.83. The fraction of sp³-hybridized carbons (Fsp3) is 0. The van der Waals surface area contributed by atoms with Crippen LogP contribution in [0, 0.1) is 0 Å². The van der Waals surface area contributed by atoms with Gasteiger partial charge in [0.15, 0.2) is 0 Å². The number of nitrogens with zero attached hydrogens (tertiary/aromatic N) is 1. The van der Waals surface area contributed by atoms with Gasteiger partial charge in [-0.05, 0) is 24.3 Å². The smallest absolute Gasteiger partial charge is 0.248 e. The van der Waals surface area contributed by atoms with Crippen molar-refractivity contribution in [2.24, 2.45) is 5.73 Å². The summed E-state index contributed by atoms with van der Waals surface area (Å²) in [4.78, 5) is 18.9. The Bertz CT molecular complexity index is 779. The summed E-state index contributed by atoms with van der Waals surface area (Å²) in [7, 11) is 0. The molecule has 0 spiro atoms. The lowest BCUT2D eigenvalue weighted by Gasteiger charge is -1.98. The number of amides is 1. The standard InChI is InChI=1S/C14H10BrN3O/c15-10-4-2-1-3-9(10)14-17-11-6-5-8(13(16)19)7-12(11)18-14/h1-7H,(H2,16,19)(H,17,18). The molecule has 19 heavy (non-hydrogen) atoms. The molecule has 1 aromatic heterocycles. The van der Waals surface area contributed by atoms with Crippen LogP contribution in [-0.4, -0.2) is 15.9 Å². The first-order valence-electron chi connectivity index (χ1n) is 5.69. The molecule has 5 heteroatoms. The van der Waals surface area contributed by atoms with Crippen LogP contribution in [0.1, 0.15) is 10.4 Å². The average molecular weight is 316 g/mol. The number of nitrogens with two attached hydrogens (primary N) is 1. The lowest BCUT2D eigenvalue weighted by Crippen LogP contribution is -2.10. The minimum Gasteiger partial charge on any atom is -0.366 e. The van der Waals surface area contributed by atoms with Crippen LogP contribution in [0.25, 0.3) is 22.4 Å². The quantitative estimate of drug-likeness (QED) is 0.762. The molecule has 0 atom stereocenters. The summed E-state index contributed by atoms with van der Waals surface area (Å²) in [5, 5.41) is 0. The number of rotatable bonds is 2. The topological polar surface area (TPSA) is 71.8 Å². The van der Waals surface area contributed by atoms with E-state index in [1.165, 1.54) is 0 Å². The number of fused-ring (bicyclic) bond motifs is 1. The van der Waals surface area contributed by atoms with Crippen LogP contribution >= 0.6 is 15.9 Å². The van der Waals surface area contributed by atoms with E-state index in [0.29, 0.717) is 5.56 Å². The fourth-order valence-corrected chi connectivity index (χ4v) is 2.42. The van der Waals surface area contributed by atoms with Crippen molar-refractivity contribution in [2.75, 3.05) is 0 Å². The molecule has 2 aromatic carbocycles. The lowest BCUT2D eigenvalue weighted by molar-refractivity contribution is 0.100. The third-order valence-electron chi connectivity index (χ3n) is 2.90. The number of aromatic nitrogens is 2. The van der Waals surface area contributed by atoms with E-state index in [2.05, 4.69) is 25.9 Å². The van der Waals surface area contributed by atoms with Crippen molar-refractivity contribution in [3.05, 3.63) is 52.5 Å². The first kappa shape index (κ1) is 11.9. The third-order valence-corrected chi connectivity index (χ3v) is 3.59. The van der Waals surface area contributed by atoms with Crippen LogP contribution < -0.4 is 5.73 Å². The van der Waals surface area contributed by atoms with Crippen molar-refractivity contribution >= 4 is 32.9 Å². The van der Waals surface area contributed by atoms with Gasteiger partial charge in [0, 0.05) is 15.6 Å². The Morgan fingerprint density at radius 3 is 2.74 bits per heavy atom. The number of hydrogen-bond acceptors (Lipinski definition) is 2. The Morgan fingerprint density at radius 1 is 1.21 bits per heavy atom. The van der Waals surface area contributed by atoms with Gasteiger partial charge in [0.25, 0.3) is 0 Å². The second-order valence-corrected chi connectivity index (χ2v) is 5.02. The van der Waals surface area contributed by atoms with Crippen LogP contribution in [0.3, 0.4) is 0 Å². The van der Waals surface area contributed by atoms with Gasteiger partial charge in [-0.25, -0.2) is 4.98 Å². The maximum Gasteiger partial charge on any atom is 0.248 e. The average Bonchev–Trinajstić information content (AvgIpc) is 2.81. The Labute approximate surface area is 117 Å². The van der Waals surface area contributed by atoms with Crippen LogP contribution in [-0.2, 0) is 0 Å². The maximum atomic E-state index is 11.2. The molecule has 0 saturated heterocycles. The minimum absolute atomic E-state index is 0.445. The summed E-state index contributed by atoms with van der Waals surface area (Å²) in [6, 6.07) is 13.0. The number of nitrogens with one attached hydrogen (secondary N) is 1. The lowest BCUT2D eigenvalue weighted by atomic mass is 10.2. The van der Waals surface area contributed by atoms with E-state index in [9.17, 15) is 4.79 Å². The third kappa shape index (κ3) is 2.13. The SMILES string of the molecule is NC(=O)c1ccc2nc(-c3ccccc3Br)[nH]c2c1. The van der Waals surface area contributed by atoms with E-state index >= 15 is 0 Å². The summed E-state index contributed by atoms with van der Waals surface area (Å²) < 4.78 is 0.962. The minimum atomic E-state index is -0.445. The monoisotopic (exact) mass is 315 g/mol. The van der Waals surface area contributed by atoms with Crippen molar-refractivity contribution in [2.45, 2.75) is 0 Å². The molecular formula is C14H10BrN3O. The van der Waals surface area contributed by atoms with Crippen molar-refractivity contribution in [3.63, 3.8) is 0 Å². The van der Waals surface area contributed by atoms with E-state index in [-0.39, 0.29) is 0 Å². The van der Waals surface area contributed by atoms with Gasteiger partial charge in [0.1, 0.15) is 5.82 Å². The van der Waals surface area contributed by atoms with Crippen LogP contribution in [0.2, 0.25) is 0 Å². The summed E-state index contributed by atoms with van der Waals surface area (Å²) >= 11 is 3.49. The molecule has 0 aliphatic carbocycles. The zero-order valence-corrected chi connectivity index (χ0v) is 11.4. The number of carbonyl (C=O) groups is 1. The van der Waals surface area contributed by atoms with Gasteiger partial charge in [0.05, 0.1) is 11.0 Å². The van der Waals surface area contributed by atoms with E-state index in [1.54, 1.807) is 18.2 Å². The maximum absolute atomic E-state index is 11.2. The molecule has 3 aromatic rings. The van der Waals surface area contributed by atoms with Gasteiger partial charge >= 0.3 is 0 Å². The van der Waals surface area contributed by atoms with Crippen LogP contribution in [0.5, 0.6) is 0 Å². The molecule has 0 aliphatic heterocycles. The first-order chi connectivity index (χ1) is 9.15. The van der Waals surface area contributed by atoms with Gasteiger partial charge < -0.3 is 10.7 Å². The van der Waals surface area contributed by atoms with Crippen LogP contribution in [0.15, 0.2) is 46.9 Å². The number of imidazole rings is 1. The van der Waals surface area contributed by atoms with Crippen molar-refractivity contribution < 1.29 is 4.79 Å². The molecule has 94 valence electrons. The highest BCUT2D eigenvalue weighted by atomic mass is 79.9. The van der Waals surface area contributed by atoms with Gasteiger partial charge in [0.2, 0.25) is 5.91 Å². The molecule has 0 saturated carbocycles. The zero-order valence-electron chi connectivity index (χ0n) is 9.85. The second kappa shape index (κ2) is 4.51. The molecular weight excluding hydrogens is 306 g/mol. The van der Waals surface area contributed by atoms with E-state index in [0.717, 1.165) is 26.9 Å². The van der Waals surface area contributed by atoms with Gasteiger partial charge in [-0.3, -0.25) is 4.79 Å². The number of H-pyrrole nitrogens is 1. The predicted octanol–water partition coefficient (Wildman–Crippen LogP) is 3.09. The molecule has 0 unspecified atom stereocenters. The molecule has 0 radical (unpaired) electrons. The van der Waals surface area contributed by atoms with E-state index < -0.39 is 5.91 Å². The van der Waals surface area contributed by atoms with Gasteiger partial charge in [-0.1, -0.05) is 34.1 Å². The number of aromatic amines is 1. The largest absolute Gasteiger partial charge is 0.366 e. The number of benzene rings is 2. The highest BCUT2D eigenvalue weighted by molar-refractivity contribution is 9.10. The molecule has 3 N–H and O–H groups in total. The highest BCUT2D eigenvalue weighted by Gasteiger charge is 2.09. The molecule has 0 fully saturated rings. The Hall–Kier alpha value is -2.14. The van der Waals surface area contributed by atoms with Gasteiger partial charge in [-0.15, -0.1) is 0 Å². The number of halogens is 1. The normalized spacial score (nSPS) is 10.8. The molecule has 0 aliphatic rings. The molecule has 1 heterocycles. The predicted molar refractivity (Wildman–Crippen MR) is 77.7 cm³/mol. The fourth-order valence-electron chi connectivity index (χ4n) is 1.94. The van der Waals surface area contributed by atoms with Gasteiger partial charge in [-0.2, -0.15) is 0 Å². The summed E-state index contributed by atoms with van der Waals surface area (Å²) in [6.07, 6.45) is 0. The van der Waals surface area contributed by atoms with E-state index in [4.69, 9.17) is 5.73 Å². The van der Waals surface area contributed by atoms with Crippen molar-refractivity contribution in [3.8, 4) is 11.4 Å². The van der Waals surface area contributed by atoms with Crippen LogP contribution in [0.4, 0.5) is 0 Å². The first-order valence-corrected chi connectivity index (χ1v) is 6.49. The molecule has 4 nitrogen and oxygen atoms in total. The summed E-state index contributed by atoms with van der Waals surface area (Å²) in [5.41, 5.74) is 8.30. The Morgan fingerprint density at radius 2 is 2.00 bits per heavy atom. The summed E-state index contributed by atoms with van der Waals surface area (Å²) in [6.45, 7) is 0. The number of hydrogen-bond donors (Lipinski definition) is 2. The second-order valence-electron chi connectivity index (χ2n) is 4.16. The number of primary amides is 1. The number of carbonyl (C=O) groups excluding carboxylic acids is 1. The highest BCUT2D eigenvalue weighted by Crippen LogP contribution is 2.27. The molecule has 0 bridgehead atoms. The summed E-state index contributed by atoms with van der Waals surface area (Å²) in [5.74, 6) is 0.308. The molecule has 3 rings (SSSR count). The van der Waals surface area contributed by atoms with E-state index in [1.807, 2.05) is 24.3 Å². The van der Waals surface area contributed by atoms with Crippen molar-refractivity contribution in [1.82, 2.24) is 9.97 Å². The molecule has 1 amide bonds. The van der Waals surface area contributed by atoms with Crippen molar-refractivity contribution in [1.29, 1.82) is 0 Å². The Balaban J connectivity index is 2.17.